The van der Waals surface area contributed by atoms with Crippen molar-refractivity contribution in [3.8, 4) is 5.75 Å². The molecule has 0 amide bonds. The molecule has 0 radical (unpaired) electrons. The van der Waals surface area contributed by atoms with Gasteiger partial charge in [0, 0.05) is 18.7 Å². The second-order valence-corrected chi connectivity index (χ2v) is 4.88. The molecule has 1 aliphatic rings. The fraction of sp³-hybridized carbons (Fsp3) is 0.538. The molecule has 1 aliphatic heterocycles. The lowest BCUT2D eigenvalue weighted by atomic mass is 9.94. The van der Waals surface area contributed by atoms with Crippen LogP contribution in [-0.4, -0.2) is 25.4 Å². The zero-order valence-corrected chi connectivity index (χ0v) is 10.9. The van der Waals surface area contributed by atoms with Gasteiger partial charge in [-0.1, -0.05) is 0 Å². The van der Waals surface area contributed by atoms with Crippen LogP contribution in [0, 0.1) is 5.82 Å². The summed E-state index contributed by atoms with van der Waals surface area (Å²) >= 11 is 0. The Kier molecular flexibility index (Phi) is 3.34. The van der Waals surface area contributed by atoms with E-state index in [1.807, 2.05) is 13.8 Å². The molecule has 0 aliphatic carbocycles. The van der Waals surface area contributed by atoms with Crippen LogP contribution in [0.4, 0.5) is 15.8 Å². The van der Waals surface area contributed by atoms with E-state index in [1.165, 1.54) is 13.2 Å². The topological polar surface area (TPSA) is 56.5 Å². The highest BCUT2D eigenvalue weighted by molar-refractivity contribution is 5.63. The Morgan fingerprint density at radius 2 is 2.28 bits per heavy atom. The van der Waals surface area contributed by atoms with Gasteiger partial charge in [0.15, 0.2) is 0 Å². The highest BCUT2D eigenvalue weighted by atomic mass is 19.1. The summed E-state index contributed by atoms with van der Waals surface area (Å²) in [5.41, 5.74) is 6.06. The van der Waals surface area contributed by atoms with E-state index in [-0.39, 0.29) is 17.5 Å². The Morgan fingerprint density at radius 1 is 1.56 bits per heavy atom. The van der Waals surface area contributed by atoms with Gasteiger partial charge < -0.3 is 20.5 Å². The van der Waals surface area contributed by atoms with Crippen LogP contribution < -0.4 is 15.8 Å². The third-order valence-electron chi connectivity index (χ3n) is 3.63. The van der Waals surface area contributed by atoms with Gasteiger partial charge in [-0.05, 0) is 20.3 Å². The molecule has 1 aromatic rings. The Morgan fingerprint density at radius 3 is 2.83 bits per heavy atom. The molecule has 0 saturated carbocycles. The third-order valence-corrected chi connectivity index (χ3v) is 3.63. The molecule has 4 nitrogen and oxygen atoms in total. The van der Waals surface area contributed by atoms with Crippen molar-refractivity contribution < 1.29 is 13.9 Å². The quantitative estimate of drug-likeness (QED) is 0.813. The van der Waals surface area contributed by atoms with Crippen molar-refractivity contribution in [3.05, 3.63) is 17.9 Å². The molecule has 2 rings (SSSR count). The zero-order chi connectivity index (χ0) is 13.3. The number of benzene rings is 1. The van der Waals surface area contributed by atoms with Gasteiger partial charge in [-0.3, -0.25) is 0 Å². The fourth-order valence-corrected chi connectivity index (χ4v) is 2.15. The molecular weight excluding hydrogens is 235 g/mol. The number of rotatable bonds is 3. The molecule has 100 valence electrons. The number of halogens is 1. The number of ether oxygens (including phenoxy) is 2. The van der Waals surface area contributed by atoms with Gasteiger partial charge in [-0.15, -0.1) is 0 Å². The van der Waals surface area contributed by atoms with Crippen molar-refractivity contribution in [2.24, 2.45) is 0 Å². The van der Waals surface area contributed by atoms with Crippen LogP contribution in [-0.2, 0) is 4.74 Å². The van der Waals surface area contributed by atoms with E-state index in [0.717, 1.165) is 6.42 Å². The standard InChI is InChI=1S/C13H19FN2O2/c1-8-13(2,4-5-18-8)16-11-7-12(17-3)10(15)6-9(11)14/h6-8,16H,4-5,15H2,1-3H3. The minimum absolute atomic E-state index is 0.0282. The minimum Gasteiger partial charge on any atom is -0.495 e. The van der Waals surface area contributed by atoms with E-state index in [0.29, 0.717) is 23.7 Å². The smallest absolute Gasteiger partial charge is 0.148 e. The van der Waals surface area contributed by atoms with Crippen LogP contribution >= 0.6 is 0 Å². The van der Waals surface area contributed by atoms with Crippen LogP contribution in [0.3, 0.4) is 0 Å². The van der Waals surface area contributed by atoms with E-state index in [2.05, 4.69) is 5.32 Å². The molecule has 1 aromatic carbocycles. The van der Waals surface area contributed by atoms with Gasteiger partial charge >= 0.3 is 0 Å². The number of nitrogens with two attached hydrogens (primary N) is 1. The van der Waals surface area contributed by atoms with E-state index in [4.69, 9.17) is 15.2 Å². The molecule has 3 N–H and O–H groups in total. The van der Waals surface area contributed by atoms with Crippen molar-refractivity contribution in [2.75, 3.05) is 24.8 Å². The summed E-state index contributed by atoms with van der Waals surface area (Å²) in [6.07, 6.45) is 0.862. The molecule has 2 unspecified atom stereocenters. The highest BCUT2D eigenvalue weighted by Crippen LogP contribution is 2.34. The molecule has 5 heteroatoms. The second kappa shape index (κ2) is 4.65. The van der Waals surface area contributed by atoms with E-state index in [9.17, 15) is 4.39 Å². The molecule has 1 saturated heterocycles. The first-order valence-corrected chi connectivity index (χ1v) is 5.99. The van der Waals surface area contributed by atoms with Crippen molar-refractivity contribution in [1.29, 1.82) is 0 Å². The van der Waals surface area contributed by atoms with Crippen LogP contribution in [0.15, 0.2) is 12.1 Å². The predicted octanol–water partition coefficient (Wildman–Crippen LogP) is 2.40. The van der Waals surface area contributed by atoms with Crippen LogP contribution in [0.5, 0.6) is 5.75 Å². The Balaban J connectivity index is 2.29. The second-order valence-electron chi connectivity index (χ2n) is 4.88. The van der Waals surface area contributed by atoms with Crippen molar-refractivity contribution in [3.63, 3.8) is 0 Å². The molecule has 0 bridgehead atoms. The summed E-state index contributed by atoms with van der Waals surface area (Å²) in [5.74, 6) is 0.0858. The van der Waals surface area contributed by atoms with Gasteiger partial charge in [-0.25, -0.2) is 4.39 Å². The van der Waals surface area contributed by atoms with Crippen LogP contribution in [0.1, 0.15) is 20.3 Å². The SMILES string of the molecule is COc1cc(NC2(C)CCOC2C)c(F)cc1N. The van der Waals surface area contributed by atoms with E-state index in [1.54, 1.807) is 6.07 Å². The summed E-state index contributed by atoms with van der Waals surface area (Å²) in [6, 6.07) is 2.85. The predicted molar refractivity (Wildman–Crippen MR) is 69.4 cm³/mol. The number of nitrogen functional groups attached to an aromatic ring is 1. The molecular formula is C13H19FN2O2. The van der Waals surface area contributed by atoms with Crippen molar-refractivity contribution in [1.82, 2.24) is 0 Å². The summed E-state index contributed by atoms with van der Waals surface area (Å²) in [5, 5.41) is 3.20. The minimum atomic E-state index is -0.381. The summed E-state index contributed by atoms with van der Waals surface area (Å²) < 4.78 is 24.5. The number of nitrogens with one attached hydrogen (secondary N) is 1. The maximum absolute atomic E-state index is 13.9. The third kappa shape index (κ3) is 2.22. The maximum Gasteiger partial charge on any atom is 0.148 e. The van der Waals surface area contributed by atoms with Crippen LogP contribution in [0.2, 0.25) is 0 Å². The van der Waals surface area contributed by atoms with Gasteiger partial charge in [0.1, 0.15) is 11.6 Å². The lowest BCUT2D eigenvalue weighted by Crippen LogP contribution is -2.41. The monoisotopic (exact) mass is 254 g/mol. The number of hydrogen-bond acceptors (Lipinski definition) is 4. The molecule has 0 aromatic heterocycles. The first-order chi connectivity index (χ1) is 8.46. The molecule has 1 heterocycles. The molecule has 18 heavy (non-hydrogen) atoms. The maximum atomic E-state index is 13.9. The molecule has 2 atom stereocenters. The fourth-order valence-electron chi connectivity index (χ4n) is 2.15. The number of hydrogen-bond donors (Lipinski definition) is 2. The van der Waals surface area contributed by atoms with Gasteiger partial charge in [0.2, 0.25) is 0 Å². The van der Waals surface area contributed by atoms with Gasteiger partial charge in [0.25, 0.3) is 0 Å². The zero-order valence-electron chi connectivity index (χ0n) is 10.9. The van der Waals surface area contributed by atoms with E-state index < -0.39 is 0 Å². The largest absolute Gasteiger partial charge is 0.495 e. The Labute approximate surface area is 106 Å². The molecule has 0 spiro atoms. The highest BCUT2D eigenvalue weighted by Gasteiger charge is 2.37. The molecule has 1 fully saturated rings. The lowest BCUT2D eigenvalue weighted by molar-refractivity contribution is 0.105. The number of methoxy groups -OCH3 is 1. The number of anilines is 2. The van der Waals surface area contributed by atoms with Gasteiger partial charge in [0.05, 0.1) is 30.1 Å². The Bertz CT molecular complexity index is 453. The van der Waals surface area contributed by atoms with Crippen LogP contribution in [0.25, 0.3) is 0 Å². The van der Waals surface area contributed by atoms with E-state index >= 15 is 0 Å². The Hall–Kier alpha value is -1.49. The average molecular weight is 254 g/mol. The summed E-state index contributed by atoms with van der Waals surface area (Å²) in [7, 11) is 1.51. The summed E-state index contributed by atoms with van der Waals surface area (Å²) in [6.45, 7) is 4.68. The average Bonchev–Trinajstić information content (AvgIpc) is 2.63. The lowest BCUT2D eigenvalue weighted by Gasteiger charge is -2.30. The van der Waals surface area contributed by atoms with Crippen molar-refractivity contribution in [2.45, 2.75) is 31.9 Å². The normalized spacial score (nSPS) is 27.2. The van der Waals surface area contributed by atoms with Crippen molar-refractivity contribution >= 4 is 11.4 Å². The first-order valence-electron chi connectivity index (χ1n) is 5.99. The first kappa shape index (κ1) is 13.0. The summed E-state index contributed by atoms with van der Waals surface area (Å²) in [4.78, 5) is 0. The van der Waals surface area contributed by atoms with Gasteiger partial charge in [-0.2, -0.15) is 0 Å².